The minimum absolute atomic E-state index is 0.214. The van der Waals surface area contributed by atoms with E-state index in [1.165, 1.54) is 89.9 Å². The fourth-order valence-electron chi connectivity index (χ4n) is 10.4. The van der Waals surface area contributed by atoms with E-state index in [9.17, 15) is 61.0 Å². The molecule has 12 N–H and O–H groups in total. The van der Waals surface area contributed by atoms with Crippen molar-refractivity contribution < 1.29 is 89.4 Å². The Labute approximate surface area is 502 Å². The number of hydrogen-bond acceptors (Lipinski definition) is 18. The number of amides is 1. The fourth-order valence-corrected chi connectivity index (χ4v) is 10.4. The van der Waals surface area contributed by atoms with Gasteiger partial charge in [0.15, 0.2) is 18.9 Å². The van der Waals surface area contributed by atoms with Crippen LogP contribution in [0.2, 0.25) is 0 Å². The van der Waals surface area contributed by atoms with Gasteiger partial charge in [-0.15, -0.1) is 0 Å². The topological polar surface area (TPSA) is 307 Å². The Bertz CT molecular complexity index is 1810. The van der Waals surface area contributed by atoms with Crippen LogP contribution in [0.5, 0.6) is 0 Å². The molecule has 3 rings (SSSR count). The standard InChI is InChI=1S/C65H113NO18/c1-3-5-7-9-11-13-15-17-19-21-23-24-25-27-29-31-33-35-37-39-41-43-53(71)66-48(49(70)42-40-38-36-34-32-30-28-26-22-20-18-16-14-12-10-8-6-4-2)47-79-63-59(77)56(74)61(51(45-68)81-63)84-65-60(78)57(75)62(52(46-69)82-65)83-64-58(76)55(73)54(72)50(44-67)80-64/h15,17,21-23,25-27,32,34,40,42,48-52,54-65,67-70,72-78H,3-14,16,18-20,24,28-31,33,35-39,41,43-47H2,1-2H3,(H,66,71)/b17-15-,23-21-,26-22+,27-25-,34-32+,42-40+. The molecule has 0 saturated carbocycles. The van der Waals surface area contributed by atoms with Crippen molar-refractivity contribution in [3.63, 3.8) is 0 Å². The van der Waals surface area contributed by atoms with E-state index < -0.39 is 124 Å². The molecule has 3 aliphatic heterocycles. The van der Waals surface area contributed by atoms with Crippen molar-refractivity contribution in [2.75, 3.05) is 26.4 Å². The molecule has 0 radical (unpaired) electrons. The van der Waals surface area contributed by atoms with Crippen molar-refractivity contribution in [2.24, 2.45) is 0 Å². The molecule has 3 fully saturated rings. The Morgan fingerprint density at radius 3 is 1.27 bits per heavy atom. The maximum absolute atomic E-state index is 13.4. The molecular formula is C65H113NO18. The van der Waals surface area contributed by atoms with Gasteiger partial charge in [-0.05, 0) is 83.5 Å². The third-order valence-electron chi connectivity index (χ3n) is 15.7. The van der Waals surface area contributed by atoms with Crippen LogP contribution in [0.1, 0.15) is 200 Å². The molecule has 0 aromatic rings. The first-order valence-corrected chi connectivity index (χ1v) is 32.2. The van der Waals surface area contributed by atoms with Gasteiger partial charge in [0.2, 0.25) is 5.91 Å². The lowest BCUT2D eigenvalue weighted by Gasteiger charge is -2.48. The number of aliphatic hydroxyl groups excluding tert-OH is 11. The molecule has 0 bridgehead atoms. The highest BCUT2D eigenvalue weighted by atomic mass is 16.8. The highest BCUT2D eigenvalue weighted by Gasteiger charge is 2.53. The minimum atomic E-state index is -1.99. The van der Waals surface area contributed by atoms with E-state index in [0.717, 1.165) is 77.0 Å². The second-order valence-corrected chi connectivity index (χ2v) is 22.8. The number of aliphatic hydroxyl groups is 11. The largest absolute Gasteiger partial charge is 0.394 e. The summed E-state index contributed by atoms with van der Waals surface area (Å²) >= 11 is 0. The van der Waals surface area contributed by atoms with Gasteiger partial charge in [0.05, 0.1) is 38.6 Å². The van der Waals surface area contributed by atoms with Gasteiger partial charge < -0.3 is 89.9 Å². The van der Waals surface area contributed by atoms with E-state index in [1.807, 2.05) is 6.08 Å². The summed E-state index contributed by atoms with van der Waals surface area (Å²) in [6.45, 7) is 1.66. The average molecular weight is 1200 g/mol. The summed E-state index contributed by atoms with van der Waals surface area (Å²) in [5.74, 6) is -0.305. The van der Waals surface area contributed by atoms with Gasteiger partial charge in [0.25, 0.3) is 0 Å². The second kappa shape index (κ2) is 47.3. The lowest BCUT2D eigenvalue weighted by atomic mass is 9.96. The third-order valence-corrected chi connectivity index (χ3v) is 15.7. The summed E-state index contributed by atoms with van der Waals surface area (Å²) in [6, 6.07) is -1.01. The first kappa shape index (κ1) is 75.5. The lowest BCUT2D eigenvalue weighted by Crippen LogP contribution is -2.66. The maximum Gasteiger partial charge on any atom is 0.220 e. The molecule has 486 valence electrons. The molecule has 0 spiro atoms. The van der Waals surface area contributed by atoms with E-state index in [1.54, 1.807) is 6.08 Å². The molecule has 19 nitrogen and oxygen atoms in total. The highest BCUT2D eigenvalue weighted by molar-refractivity contribution is 5.76. The Kier molecular flexibility index (Phi) is 42.5. The lowest BCUT2D eigenvalue weighted by molar-refractivity contribution is -0.379. The van der Waals surface area contributed by atoms with Crippen LogP contribution in [0.3, 0.4) is 0 Å². The van der Waals surface area contributed by atoms with Gasteiger partial charge in [-0.1, -0.05) is 183 Å². The third kappa shape index (κ3) is 30.0. The van der Waals surface area contributed by atoms with Crippen LogP contribution in [0.25, 0.3) is 0 Å². The first-order valence-electron chi connectivity index (χ1n) is 32.2. The molecule has 0 aromatic heterocycles. The number of carbonyl (C=O) groups is 1. The number of allylic oxidation sites excluding steroid dienone is 11. The second-order valence-electron chi connectivity index (χ2n) is 22.8. The predicted molar refractivity (Wildman–Crippen MR) is 323 cm³/mol. The van der Waals surface area contributed by atoms with Crippen molar-refractivity contribution in [1.82, 2.24) is 5.32 Å². The molecule has 0 aromatic carbocycles. The molecule has 19 heteroatoms. The van der Waals surface area contributed by atoms with E-state index in [2.05, 4.69) is 79.9 Å². The summed E-state index contributed by atoms with van der Waals surface area (Å²) in [6.07, 6.45) is 30.1. The minimum Gasteiger partial charge on any atom is -0.394 e. The molecule has 3 heterocycles. The number of hydrogen-bond donors (Lipinski definition) is 12. The van der Waals surface area contributed by atoms with Gasteiger partial charge >= 0.3 is 0 Å². The van der Waals surface area contributed by atoms with Crippen LogP contribution in [0.15, 0.2) is 72.9 Å². The fraction of sp³-hybridized carbons (Fsp3) is 0.800. The number of ether oxygens (including phenoxy) is 6. The Morgan fingerprint density at radius 2 is 0.798 bits per heavy atom. The average Bonchev–Trinajstić information content (AvgIpc) is 2.76. The van der Waals surface area contributed by atoms with Crippen molar-refractivity contribution in [3.05, 3.63) is 72.9 Å². The maximum atomic E-state index is 13.4. The summed E-state index contributed by atoms with van der Waals surface area (Å²) in [5.41, 5.74) is 0. The first-order chi connectivity index (χ1) is 40.8. The van der Waals surface area contributed by atoms with Gasteiger partial charge in [-0.3, -0.25) is 4.79 Å². The van der Waals surface area contributed by atoms with Crippen molar-refractivity contribution in [1.29, 1.82) is 0 Å². The van der Waals surface area contributed by atoms with Crippen LogP contribution >= 0.6 is 0 Å². The number of unbranched alkanes of at least 4 members (excludes halogenated alkanes) is 21. The van der Waals surface area contributed by atoms with E-state index in [4.69, 9.17) is 28.4 Å². The Hall–Kier alpha value is -2.77. The molecule has 17 atom stereocenters. The zero-order valence-corrected chi connectivity index (χ0v) is 50.9. The van der Waals surface area contributed by atoms with E-state index >= 15 is 0 Å². The number of nitrogens with one attached hydrogen (secondary N) is 1. The molecule has 1 amide bonds. The number of carbonyl (C=O) groups excluding carboxylic acids is 1. The van der Waals surface area contributed by atoms with Crippen molar-refractivity contribution in [3.8, 4) is 0 Å². The SMILES string of the molecule is CCCCCCC/C=C\C/C=C\C/C=C\CCCCCCCCC(=O)NC(COC1OC(CO)C(OC2OC(CO)C(OC3OC(CO)C(O)C(O)C3O)C(O)C2O)C(O)C1O)C(O)/C=C/CC/C=C/CC/C=C/CCCCCCCCCC. The normalized spacial score (nSPS) is 29.7. The summed E-state index contributed by atoms with van der Waals surface area (Å²) < 4.78 is 34.2. The zero-order valence-electron chi connectivity index (χ0n) is 50.9. The van der Waals surface area contributed by atoms with Gasteiger partial charge in [-0.25, -0.2) is 0 Å². The summed E-state index contributed by atoms with van der Waals surface area (Å²) in [5, 5.41) is 120. The molecule has 84 heavy (non-hydrogen) atoms. The quantitative estimate of drug-likeness (QED) is 0.0216. The smallest absolute Gasteiger partial charge is 0.220 e. The molecule has 0 aliphatic carbocycles. The molecule has 3 saturated heterocycles. The Morgan fingerprint density at radius 1 is 0.429 bits per heavy atom. The molecule has 3 aliphatic rings. The monoisotopic (exact) mass is 1200 g/mol. The van der Waals surface area contributed by atoms with Crippen molar-refractivity contribution in [2.45, 2.75) is 304 Å². The summed E-state index contributed by atoms with van der Waals surface area (Å²) in [7, 11) is 0. The van der Waals surface area contributed by atoms with E-state index in [-0.39, 0.29) is 18.9 Å². The van der Waals surface area contributed by atoms with Crippen LogP contribution in [0.4, 0.5) is 0 Å². The van der Waals surface area contributed by atoms with Gasteiger partial charge in [0.1, 0.15) is 73.2 Å². The molecule has 17 unspecified atom stereocenters. The zero-order chi connectivity index (χ0) is 61.2. The number of rotatable bonds is 47. The Balaban J connectivity index is 1.50. The van der Waals surface area contributed by atoms with Gasteiger partial charge in [0, 0.05) is 6.42 Å². The van der Waals surface area contributed by atoms with Crippen LogP contribution < -0.4 is 5.32 Å². The highest BCUT2D eigenvalue weighted by Crippen LogP contribution is 2.33. The molecular weight excluding hydrogens is 1080 g/mol. The van der Waals surface area contributed by atoms with Gasteiger partial charge in [-0.2, -0.15) is 0 Å². The predicted octanol–water partition coefficient (Wildman–Crippen LogP) is 6.99. The van der Waals surface area contributed by atoms with Crippen LogP contribution in [-0.4, -0.2) is 193 Å². The van der Waals surface area contributed by atoms with E-state index in [0.29, 0.717) is 12.8 Å². The van der Waals surface area contributed by atoms with Crippen LogP contribution in [0, 0.1) is 0 Å². The van der Waals surface area contributed by atoms with Crippen LogP contribution in [-0.2, 0) is 33.2 Å². The summed E-state index contributed by atoms with van der Waals surface area (Å²) in [4.78, 5) is 13.4. The van der Waals surface area contributed by atoms with Crippen molar-refractivity contribution >= 4 is 5.91 Å².